The van der Waals surface area contributed by atoms with Gasteiger partial charge in [-0.25, -0.2) is 0 Å². The predicted octanol–water partition coefficient (Wildman–Crippen LogP) is 21.4. The van der Waals surface area contributed by atoms with Gasteiger partial charge in [-0.05, 0) is 70.6 Å². The van der Waals surface area contributed by atoms with Crippen LogP contribution in [0.4, 0.5) is 0 Å². The highest BCUT2D eigenvalue weighted by molar-refractivity contribution is 5.70. The summed E-state index contributed by atoms with van der Waals surface area (Å²) < 4.78 is 10.7. The molecule has 0 saturated heterocycles. The molecule has 1 N–H and O–H groups in total. The van der Waals surface area contributed by atoms with Gasteiger partial charge in [0.15, 0.2) is 6.10 Å². The molecule has 0 heterocycles. The molecule has 0 aliphatic rings. The van der Waals surface area contributed by atoms with Crippen molar-refractivity contribution in [3.05, 3.63) is 36.5 Å². The molecule has 5 nitrogen and oxygen atoms in total. The van der Waals surface area contributed by atoms with Crippen molar-refractivity contribution in [2.75, 3.05) is 13.2 Å². The minimum atomic E-state index is -0.777. The highest BCUT2D eigenvalue weighted by Gasteiger charge is 2.16. The van der Waals surface area contributed by atoms with E-state index in [-0.39, 0.29) is 25.2 Å². The average Bonchev–Trinajstić information content (AvgIpc) is 3.36. The van der Waals surface area contributed by atoms with E-state index in [2.05, 4.69) is 50.3 Å². The first kappa shape index (κ1) is 68.1. The molecule has 1 unspecified atom stereocenters. The zero-order valence-corrected chi connectivity index (χ0v) is 47.3. The fourth-order valence-corrected chi connectivity index (χ4v) is 9.64. The molecule has 70 heavy (non-hydrogen) atoms. The van der Waals surface area contributed by atoms with E-state index >= 15 is 0 Å². The van der Waals surface area contributed by atoms with Gasteiger partial charge in [-0.3, -0.25) is 9.59 Å². The number of aliphatic hydroxyl groups is 1. The number of unbranched alkanes of at least 4 members (excludes halogenated alkanes) is 45. The summed E-state index contributed by atoms with van der Waals surface area (Å²) in [4.78, 5) is 24.5. The topological polar surface area (TPSA) is 72.8 Å². The molecule has 5 heteroatoms. The molecule has 412 valence electrons. The maximum Gasteiger partial charge on any atom is 0.306 e. The Morgan fingerprint density at radius 2 is 0.571 bits per heavy atom. The van der Waals surface area contributed by atoms with Crippen LogP contribution in [0.25, 0.3) is 0 Å². The Balaban J connectivity index is 3.34. The lowest BCUT2D eigenvalue weighted by Gasteiger charge is -2.15. The van der Waals surface area contributed by atoms with Crippen LogP contribution in [-0.2, 0) is 19.1 Å². The van der Waals surface area contributed by atoms with E-state index in [1.54, 1.807) is 0 Å². The van der Waals surface area contributed by atoms with Gasteiger partial charge < -0.3 is 14.6 Å². The van der Waals surface area contributed by atoms with Crippen LogP contribution in [0, 0.1) is 0 Å². The van der Waals surface area contributed by atoms with Crippen molar-refractivity contribution in [2.24, 2.45) is 0 Å². The Hall–Kier alpha value is -1.88. The molecule has 0 aromatic carbocycles. The maximum atomic E-state index is 12.2. The molecular weight excluding hydrogens is 861 g/mol. The van der Waals surface area contributed by atoms with Gasteiger partial charge in [0.1, 0.15) is 6.61 Å². The molecular formula is C65H122O5. The summed E-state index contributed by atoms with van der Waals surface area (Å²) in [7, 11) is 0. The lowest BCUT2D eigenvalue weighted by atomic mass is 10.0. The number of carbonyl (C=O) groups excluding carboxylic acids is 2. The molecule has 0 aromatic rings. The molecule has 0 amide bonds. The van der Waals surface area contributed by atoms with E-state index in [9.17, 15) is 14.7 Å². The minimum Gasteiger partial charge on any atom is -0.462 e. The molecule has 0 spiro atoms. The monoisotopic (exact) mass is 983 g/mol. The third-order valence-corrected chi connectivity index (χ3v) is 14.4. The number of allylic oxidation sites excluding steroid dienone is 6. The Labute approximate surface area is 437 Å². The van der Waals surface area contributed by atoms with E-state index in [4.69, 9.17) is 9.47 Å². The molecule has 0 rings (SSSR count). The third-order valence-electron chi connectivity index (χ3n) is 14.4. The third kappa shape index (κ3) is 58.7. The zero-order chi connectivity index (χ0) is 50.6. The first-order valence-electron chi connectivity index (χ1n) is 31.5. The Bertz CT molecular complexity index is 1110. The second-order valence-corrected chi connectivity index (χ2v) is 21.5. The van der Waals surface area contributed by atoms with Crippen LogP contribution in [-0.4, -0.2) is 36.4 Å². The van der Waals surface area contributed by atoms with E-state index in [0.717, 1.165) is 51.4 Å². The first-order valence-corrected chi connectivity index (χ1v) is 31.5. The summed E-state index contributed by atoms with van der Waals surface area (Å²) in [6.45, 7) is 4.14. The molecule has 0 bridgehead atoms. The number of aliphatic hydroxyl groups excluding tert-OH is 1. The van der Waals surface area contributed by atoms with Gasteiger partial charge in [0.2, 0.25) is 0 Å². The van der Waals surface area contributed by atoms with Gasteiger partial charge >= 0.3 is 11.9 Å². The Morgan fingerprint density at radius 1 is 0.329 bits per heavy atom. The number of hydrogen-bond donors (Lipinski definition) is 1. The zero-order valence-electron chi connectivity index (χ0n) is 47.3. The lowest BCUT2D eigenvalue weighted by Crippen LogP contribution is -2.28. The van der Waals surface area contributed by atoms with Gasteiger partial charge in [-0.15, -0.1) is 0 Å². The first-order chi connectivity index (χ1) is 34.6. The minimum absolute atomic E-state index is 0.0673. The fourth-order valence-electron chi connectivity index (χ4n) is 9.64. The van der Waals surface area contributed by atoms with Gasteiger partial charge in [0.05, 0.1) is 6.61 Å². The van der Waals surface area contributed by atoms with Gasteiger partial charge in [-0.1, -0.05) is 301 Å². The number of ether oxygens (including phenoxy) is 2. The van der Waals surface area contributed by atoms with Gasteiger partial charge in [-0.2, -0.15) is 0 Å². The van der Waals surface area contributed by atoms with Crippen molar-refractivity contribution < 1.29 is 24.2 Å². The predicted molar refractivity (Wildman–Crippen MR) is 307 cm³/mol. The molecule has 0 saturated carbocycles. The second kappa shape index (κ2) is 61.4. The summed E-state index contributed by atoms with van der Waals surface area (Å²) in [6.07, 6.45) is 80.3. The SMILES string of the molecule is CCCCC/C=C\C/C=C\CCCCCCCC(=O)OC(CO)COC(=O)CCCCCCCCCCCCCCCCCCCCCCCCCCCCCCC/C=C\CCCCCCCCCC. The Morgan fingerprint density at radius 3 is 0.886 bits per heavy atom. The van der Waals surface area contributed by atoms with Crippen molar-refractivity contribution in [3.8, 4) is 0 Å². The quantitative estimate of drug-likeness (QED) is 0.0373. The normalized spacial score (nSPS) is 12.3. The number of esters is 2. The Kier molecular flexibility index (Phi) is 59.8. The molecule has 1 atom stereocenters. The molecule has 0 aliphatic carbocycles. The van der Waals surface area contributed by atoms with E-state index in [1.165, 1.54) is 270 Å². The van der Waals surface area contributed by atoms with Crippen LogP contribution >= 0.6 is 0 Å². The number of carbonyl (C=O) groups is 2. The summed E-state index contributed by atoms with van der Waals surface area (Å²) in [5.74, 6) is -0.591. The summed E-state index contributed by atoms with van der Waals surface area (Å²) >= 11 is 0. The van der Waals surface area contributed by atoms with Gasteiger partial charge in [0, 0.05) is 12.8 Å². The van der Waals surface area contributed by atoms with Crippen LogP contribution in [0.2, 0.25) is 0 Å². The van der Waals surface area contributed by atoms with Gasteiger partial charge in [0.25, 0.3) is 0 Å². The lowest BCUT2D eigenvalue weighted by molar-refractivity contribution is -0.161. The standard InChI is InChI=1S/C65H122O5/c1-3-5-7-9-11-13-15-17-19-20-21-22-23-24-25-26-27-28-29-30-31-32-33-34-35-36-37-38-39-40-41-42-43-44-46-47-49-51-53-55-57-59-64(67)69-62-63(61-66)70-65(68)60-58-56-54-52-50-48-45-18-16-14-12-10-8-6-4-2/h12,14,18,20-21,45,63,66H,3-11,13,15-17,19,22-44,46-62H2,1-2H3/b14-12-,21-20-,45-18-. The average molecular weight is 984 g/mol. The van der Waals surface area contributed by atoms with Crippen LogP contribution in [0.15, 0.2) is 36.5 Å². The van der Waals surface area contributed by atoms with Crippen molar-refractivity contribution >= 4 is 11.9 Å². The molecule has 0 radical (unpaired) electrons. The van der Waals surface area contributed by atoms with Crippen LogP contribution in [0.1, 0.15) is 348 Å². The smallest absolute Gasteiger partial charge is 0.306 e. The molecule has 0 aliphatic heterocycles. The van der Waals surface area contributed by atoms with Crippen molar-refractivity contribution in [2.45, 2.75) is 354 Å². The second-order valence-electron chi connectivity index (χ2n) is 21.5. The number of rotatable bonds is 59. The van der Waals surface area contributed by atoms with E-state index in [1.807, 2.05) is 0 Å². The van der Waals surface area contributed by atoms with E-state index < -0.39 is 6.10 Å². The molecule has 0 aromatic heterocycles. The highest BCUT2D eigenvalue weighted by Crippen LogP contribution is 2.18. The van der Waals surface area contributed by atoms with Crippen molar-refractivity contribution in [1.82, 2.24) is 0 Å². The fraction of sp³-hybridized carbons (Fsp3) is 0.877. The highest BCUT2D eigenvalue weighted by atomic mass is 16.6. The summed E-state index contributed by atoms with van der Waals surface area (Å²) in [5.41, 5.74) is 0. The van der Waals surface area contributed by atoms with Crippen LogP contribution < -0.4 is 0 Å². The maximum absolute atomic E-state index is 12.2. The summed E-state index contributed by atoms with van der Waals surface area (Å²) in [5, 5.41) is 9.63. The summed E-state index contributed by atoms with van der Waals surface area (Å²) in [6, 6.07) is 0. The van der Waals surface area contributed by atoms with Crippen molar-refractivity contribution in [3.63, 3.8) is 0 Å². The largest absolute Gasteiger partial charge is 0.462 e. The molecule has 0 fully saturated rings. The van der Waals surface area contributed by atoms with Crippen LogP contribution in [0.3, 0.4) is 0 Å². The van der Waals surface area contributed by atoms with E-state index in [0.29, 0.717) is 12.8 Å². The van der Waals surface area contributed by atoms with Crippen molar-refractivity contribution in [1.29, 1.82) is 0 Å². The number of hydrogen-bond acceptors (Lipinski definition) is 5. The van der Waals surface area contributed by atoms with Crippen LogP contribution in [0.5, 0.6) is 0 Å².